The van der Waals surface area contributed by atoms with Gasteiger partial charge >= 0.3 is 0 Å². The van der Waals surface area contributed by atoms with Crippen LogP contribution in [-0.4, -0.2) is 19.9 Å². The van der Waals surface area contributed by atoms with Gasteiger partial charge in [0, 0.05) is 5.39 Å². The molecule has 2 heterocycles. The highest BCUT2D eigenvalue weighted by molar-refractivity contribution is 5.93. The van der Waals surface area contributed by atoms with Crippen molar-refractivity contribution in [3.05, 3.63) is 93.8 Å². The van der Waals surface area contributed by atoms with E-state index >= 15 is 0 Å². The first-order valence-electron chi connectivity index (χ1n) is 8.86. The monoisotopic (exact) mass is 386 g/mol. The zero-order valence-electron chi connectivity index (χ0n) is 15.2. The third-order valence-electron chi connectivity index (χ3n) is 4.61. The molecule has 0 aliphatic heterocycles. The van der Waals surface area contributed by atoms with Crippen LogP contribution in [0.15, 0.2) is 65.5 Å². The van der Waals surface area contributed by atoms with E-state index in [1.807, 2.05) is 6.07 Å². The molecule has 0 saturated heterocycles. The van der Waals surface area contributed by atoms with Crippen molar-refractivity contribution in [1.29, 1.82) is 5.26 Å². The summed E-state index contributed by atoms with van der Waals surface area (Å²) in [6, 6.07) is 18.8. The van der Waals surface area contributed by atoms with E-state index in [9.17, 15) is 9.18 Å². The van der Waals surface area contributed by atoms with Crippen LogP contribution in [0, 0.1) is 17.3 Å². The Kier molecular flexibility index (Phi) is 4.85. The zero-order valence-corrected chi connectivity index (χ0v) is 15.2. The van der Waals surface area contributed by atoms with E-state index in [-0.39, 0.29) is 30.0 Å². The van der Waals surface area contributed by atoms with Gasteiger partial charge in [-0.05, 0) is 35.9 Å². The van der Waals surface area contributed by atoms with Gasteiger partial charge in [0.1, 0.15) is 5.69 Å². The number of aliphatic hydroxyl groups is 1. The van der Waals surface area contributed by atoms with Gasteiger partial charge in [0.15, 0.2) is 0 Å². The summed E-state index contributed by atoms with van der Waals surface area (Å²) in [6.07, 6.45) is 0. The third kappa shape index (κ3) is 3.49. The van der Waals surface area contributed by atoms with Crippen molar-refractivity contribution in [3.8, 4) is 17.3 Å². The van der Waals surface area contributed by atoms with Crippen LogP contribution >= 0.6 is 0 Å². The van der Waals surface area contributed by atoms with Crippen molar-refractivity contribution in [2.75, 3.05) is 0 Å². The second-order valence-electron chi connectivity index (χ2n) is 6.46. The topological polar surface area (TPSA) is 91.8 Å². The van der Waals surface area contributed by atoms with Crippen LogP contribution in [0.25, 0.3) is 22.0 Å². The molecule has 29 heavy (non-hydrogen) atoms. The molecule has 1 N–H and O–H groups in total. The molecule has 2 aromatic carbocycles. The Balaban J connectivity index is 1.89. The first kappa shape index (κ1) is 18.5. The second kappa shape index (κ2) is 7.62. The first-order valence-corrected chi connectivity index (χ1v) is 8.86. The zero-order chi connectivity index (χ0) is 20.4. The number of aromatic nitrogens is 3. The van der Waals surface area contributed by atoms with Crippen LogP contribution < -0.4 is 5.56 Å². The molecule has 2 aromatic heterocycles. The highest BCUT2D eigenvalue weighted by Gasteiger charge is 2.16. The Morgan fingerprint density at radius 2 is 1.76 bits per heavy atom. The van der Waals surface area contributed by atoms with E-state index in [0.29, 0.717) is 22.0 Å². The number of aliphatic hydroxyl groups excluding tert-OH is 1. The summed E-state index contributed by atoms with van der Waals surface area (Å²) in [5.74, 6) is -0.766. The number of rotatable bonds is 4. The van der Waals surface area contributed by atoms with Crippen molar-refractivity contribution in [1.82, 2.24) is 14.8 Å². The SMILES string of the molecule is N#Cc1ccc(Cn2nc(-c3ccc(CO)nc3F)c3ccccc3c2=O)cc1. The van der Waals surface area contributed by atoms with Crippen LogP contribution in [0.4, 0.5) is 4.39 Å². The van der Waals surface area contributed by atoms with Gasteiger partial charge in [0.05, 0.1) is 41.4 Å². The van der Waals surface area contributed by atoms with Crippen molar-refractivity contribution in [3.63, 3.8) is 0 Å². The van der Waals surface area contributed by atoms with Crippen molar-refractivity contribution in [2.24, 2.45) is 0 Å². The van der Waals surface area contributed by atoms with Gasteiger partial charge in [-0.1, -0.05) is 30.3 Å². The summed E-state index contributed by atoms with van der Waals surface area (Å²) in [5, 5.41) is 23.5. The average Bonchev–Trinajstić information content (AvgIpc) is 2.76. The van der Waals surface area contributed by atoms with Gasteiger partial charge in [-0.25, -0.2) is 9.67 Å². The van der Waals surface area contributed by atoms with Crippen LogP contribution in [0.1, 0.15) is 16.8 Å². The van der Waals surface area contributed by atoms with Crippen LogP contribution in [0.5, 0.6) is 0 Å². The van der Waals surface area contributed by atoms with Crippen LogP contribution in [0.3, 0.4) is 0 Å². The van der Waals surface area contributed by atoms with Crippen LogP contribution in [0.2, 0.25) is 0 Å². The summed E-state index contributed by atoms with van der Waals surface area (Å²) in [5.41, 5.74) is 1.66. The summed E-state index contributed by atoms with van der Waals surface area (Å²) in [4.78, 5) is 16.7. The van der Waals surface area contributed by atoms with Gasteiger partial charge in [-0.2, -0.15) is 14.8 Å². The largest absolute Gasteiger partial charge is 0.390 e. The average molecular weight is 386 g/mol. The number of hydrogen-bond acceptors (Lipinski definition) is 5. The van der Waals surface area contributed by atoms with E-state index in [2.05, 4.69) is 10.1 Å². The lowest BCUT2D eigenvalue weighted by molar-refractivity contribution is 0.275. The lowest BCUT2D eigenvalue weighted by atomic mass is 10.1. The molecule has 0 unspecified atom stereocenters. The van der Waals surface area contributed by atoms with Gasteiger partial charge in [-0.3, -0.25) is 4.79 Å². The minimum atomic E-state index is -0.766. The Bertz CT molecular complexity index is 1310. The maximum absolute atomic E-state index is 14.6. The molecule has 7 heteroatoms. The Hall–Kier alpha value is -3.89. The molecule has 4 rings (SSSR count). The summed E-state index contributed by atoms with van der Waals surface area (Å²) in [7, 11) is 0. The smallest absolute Gasteiger partial charge is 0.274 e. The lowest BCUT2D eigenvalue weighted by Crippen LogP contribution is -2.24. The summed E-state index contributed by atoms with van der Waals surface area (Å²) >= 11 is 0. The van der Waals surface area contributed by atoms with Gasteiger partial charge in [-0.15, -0.1) is 0 Å². The number of nitriles is 1. The fraction of sp³-hybridized carbons (Fsp3) is 0.0909. The number of benzene rings is 2. The quantitative estimate of drug-likeness (QED) is 0.545. The molecule has 0 amide bonds. The Labute approximate surface area is 165 Å². The molecule has 0 spiro atoms. The highest BCUT2D eigenvalue weighted by atomic mass is 19.1. The van der Waals surface area contributed by atoms with E-state index < -0.39 is 5.95 Å². The van der Waals surface area contributed by atoms with E-state index in [1.165, 1.54) is 16.8 Å². The molecule has 0 atom stereocenters. The highest BCUT2D eigenvalue weighted by Crippen LogP contribution is 2.26. The Morgan fingerprint density at radius 1 is 1.03 bits per heavy atom. The second-order valence-corrected chi connectivity index (χ2v) is 6.46. The number of hydrogen-bond donors (Lipinski definition) is 1. The van der Waals surface area contributed by atoms with Crippen molar-refractivity contribution in [2.45, 2.75) is 13.2 Å². The minimum absolute atomic E-state index is 0.145. The molecule has 6 nitrogen and oxygen atoms in total. The molecule has 0 aliphatic carbocycles. The van der Waals surface area contributed by atoms with Gasteiger partial charge in [0.2, 0.25) is 5.95 Å². The summed E-state index contributed by atoms with van der Waals surface area (Å²) < 4.78 is 15.9. The molecule has 142 valence electrons. The normalized spacial score (nSPS) is 10.8. The molecular formula is C22H15FN4O2. The molecule has 0 bridgehead atoms. The van der Waals surface area contributed by atoms with E-state index in [1.54, 1.807) is 48.5 Å². The summed E-state index contributed by atoms with van der Waals surface area (Å²) in [6.45, 7) is -0.199. The molecule has 0 aliphatic rings. The number of pyridine rings is 1. The lowest BCUT2D eigenvalue weighted by Gasteiger charge is -2.12. The van der Waals surface area contributed by atoms with Gasteiger partial charge < -0.3 is 5.11 Å². The number of halogens is 1. The maximum Gasteiger partial charge on any atom is 0.274 e. The predicted molar refractivity (Wildman–Crippen MR) is 105 cm³/mol. The molecule has 4 aromatic rings. The fourth-order valence-electron chi connectivity index (χ4n) is 3.14. The predicted octanol–water partition coefficient (Wildman–Crippen LogP) is 3.01. The third-order valence-corrected chi connectivity index (χ3v) is 4.61. The molecule has 0 saturated carbocycles. The van der Waals surface area contributed by atoms with E-state index in [0.717, 1.165) is 5.56 Å². The maximum atomic E-state index is 14.6. The Morgan fingerprint density at radius 3 is 2.41 bits per heavy atom. The number of fused-ring (bicyclic) bond motifs is 1. The molecule has 0 radical (unpaired) electrons. The van der Waals surface area contributed by atoms with E-state index in [4.69, 9.17) is 10.4 Å². The standard InChI is InChI=1S/C22H15FN4O2/c23-21-19(10-9-16(13-28)25-21)20-17-3-1-2-4-18(17)22(29)27(26-20)12-15-7-5-14(11-24)6-8-15/h1-10,28H,12-13H2. The first-order chi connectivity index (χ1) is 14.1. The minimum Gasteiger partial charge on any atom is -0.390 e. The van der Waals surface area contributed by atoms with Crippen molar-refractivity contribution >= 4 is 10.8 Å². The molecular weight excluding hydrogens is 371 g/mol. The fourth-order valence-corrected chi connectivity index (χ4v) is 3.14. The number of nitrogens with zero attached hydrogens (tertiary/aromatic N) is 4. The van der Waals surface area contributed by atoms with Crippen molar-refractivity contribution < 1.29 is 9.50 Å². The van der Waals surface area contributed by atoms with Crippen LogP contribution in [-0.2, 0) is 13.2 Å². The van der Waals surface area contributed by atoms with Gasteiger partial charge in [0.25, 0.3) is 5.56 Å². The molecule has 0 fully saturated rings.